The van der Waals surface area contributed by atoms with Crippen molar-refractivity contribution in [3.8, 4) is 11.3 Å². The van der Waals surface area contributed by atoms with Gasteiger partial charge in [0.05, 0.1) is 22.8 Å². The number of rotatable bonds is 3. The molecule has 0 aliphatic heterocycles. The van der Waals surface area contributed by atoms with Crippen LogP contribution in [0.4, 0.5) is 14.5 Å². The number of aryl methyl sites for hydroxylation is 1. The van der Waals surface area contributed by atoms with Crippen molar-refractivity contribution in [1.82, 2.24) is 14.8 Å². The molecule has 0 atom stereocenters. The fourth-order valence-electron chi connectivity index (χ4n) is 2.84. The molecule has 7 heteroatoms. The second kappa shape index (κ2) is 6.60. The second-order valence-electron chi connectivity index (χ2n) is 6.00. The summed E-state index contributed by atoms with van der Waals surface area (Å²) < 4.78 is 28.8. The highest BCUT2D eigenvalue weighted by Crippen LogP contribution is 2.27. The lowest BCUT2D eigenvalue weighted by atomic mass is 10.1. The van der Waals surface area contributed by atoms with Gasteiger partial charge in [-0.1, -0.05) is 12.1 Å². The summed E-state index contributed by atoms with van der Waals surface area (Å²) in [7, 11) is 1.70. The Balaban J connectivity index is 1.82. The normalized spacial score (nSPS) is 10.9. The van der Waals surface area contributed by atoms with E-state index < -0.39 is 17.5 Å². The standard InChI is InChI=1S/C20H14F2N4O/c1-26-19-16(11-23-26)15(20(27)24-13-8-6-12(21)7-9-13)10-18(25-19)14-4-2-3-5-17(14)22/h2-11H,1H3,(H,24,27). The molecule has 0 spiro atoms. The highest BCUT2D eigenvalue weighted by molar-refractivity contribution is 6.12. The summed E-state index contributed by atoms with van der Waals surface area (Å²) in [5, 5.41) is 7.40. The smallest absolute Gasteiger partial charge is 0.256 e. The molecule has 2 aromatic carbocycles. The van der Waals surface area contributed by atoms with Crippen LogP contribution < -0.4 is 5.32 Å². The number of halogens is 2. The minimum Gasteiger partial charge on any atom is -0.322 e. The Morgan fingerprint density at radius 1 is 1.07 bits per heavy atom. The van der Waals surface area contributed by atoms with Gasteiger partial charge in [-0.15, -0.1) is 0 Å². The number of aromatic nitrogens is 3. The van der Waals surface area contributed by atoms with Crippen LogP contribution in [-0.2, 0) is 7.05 Å². The van der Waals surface area contributed by atoms with Crippen molar-refractivity contribution in [2.24, 2.45) is 7.05 Å². The third-order valence-electron chi connectivity index (χ3n) is 4.20. The Morgan fingerprint density at radius 2 is 1.81 bits per heavy atom. The molecule has 5 nitrogen and oxygen atoms in total. The fourth-order valence-corrected chi connectivity index (χ4v) is 2.84. The first-order chi connectivity index (χ1) is 13.0. The molecule has 0 unspecified atom stereocenters. The largest absolute Gasteiger partial charge is 0.322 e. The molecule has 0 bridgehead atoms. The van der Waals surface area contributed by atoms with E-state index in [0.717, 1.165) is 0 Å². The number of pyridine rings is 1. The van der Waals surface area contributed by atoms with E-state index in [4.69, 9.17) is 0 Å². The van der Waals surface area contributed by atoms with Gasteiger partial charge in [0.25, 0.3) is 5.91 Å². The second-order valence-corrected chi connectivity index (χ2v) is 6.00. The Bertz CT molecular complexity index is 1150. The number of nitrogens with zero attached hydrogens (tertiary/aromatic N) is 3. The molecular formula is C20H14F2N4O. The van der Waals surface area contributed by atoms with E-state index in [1.54, 1.807) is 25.2 Å². The molecule has 2 heterocycles. The predicted molar refractivity (Wildman–Crippen MR) is 98.3 cm³/mol. The van der Waals surface area contributed by atoms with Crippen LogP contribution in [0.25, 0.3) is 22.3 Å². The van der Waals surface area contributed by atoms with E-state index >= 15 is 0 Å². The minimum absolute atomic E-state index is 0.288. The highest BCUT2D eigenvalue weighted by atomic mass is 19.1. The summed E-state index contributed by atoms with van der Waals surface area (Å²) in [6.45, 7) is 0. The van der Waals surface area contributed by atoms with Gasteiger partial charge in [0, 0.05) is 18.3 Å². The summed E-state index contributed by atoms with van der Waals surface area (Å²) in [6.07, 6.45) is 1.53. The molecule has 27 heavy (non-hydrogen) atoms. The number of hydrogen-bond acceptors (Lipinski definition) is 3. The molecule has 0 saturated carbocycles. The molecule has 2 aromatic heterocycles. The van der Waals surface area contributed by atoms with Gasteiger partial charge in [0.2, 0.25) is 0 Å². The lowest BCUT2D eigenvalue weighted by Crippen LogP contribution is -2.13. The van der Waals surface area contributed by atoms with Crippen molar-refractivity contribution in [2.75, 3.05) is 5.32 Å². The molecule has 0 fully saturated rings. The number of carbonyl (C=O) groups is 1. The summed E-state index contributed by atoms with van der Waals surface area (Å²) in [6, 6.07) is 13.2. The van der Waals surface area contributed by atoms with Gasteiger partial charge in [-0.05, 0) is 42.5 Å². The van der Waals surface area contributed by atoms with E-state index in [-0.39, 0.29) is 5.56 Å². The van der Waals surface area contributed by atoms with Gasteiger partial charge < -0.3 is 5.32 Å². The first-order valence-electron chi connectivity index (χ1n) is 8.17. The maximum absolute atomic E-state index is 14.2. The number of hydrogen-bond donors (Lipinski definition) is 1. The van der Waals surface area contributed by atoms with Gasteiger partial charge in [-0.2, -0.15) is 5.10 Å². The van der Waals surface area contributed by atoms with Crippen LogP contribution in [0.2, 0.25) is 0 Å². The third kappa shape index (κ3) is 3.15. The van der Waals surface area contributed by atoms with E-state index in [0.29, 0.717) is 28.0 Å². The summed E-state index contributed by atoms with van der Waals surface area (Å²) in [4.78, 5) is 17.3. The zero-order valence-corrected chi connectivity index (χ0v) is 14.3. The van der Waals surface area contributed by atoms with E-state index in [1.807, 2.05) is 0 Å². The highest BCUT2D eigenvalue weighted by Gasteiger charge is 2.18. The topological polar surface area (TPSA) is 59.8 Å². The van der Waals surface area contributed by atoms with Crippen molar-refractivity contribution < 1.29 is 13.6 Å². The number of nitrogens with one attached hydrogen (secondary N) is 1. The van der Waals surface area contributed by atoms with Crippen molar-refractivity contribution in [3.63, 3.8) is 0 Å². The number of anilines is 1. The predicted octanol–water partition coefficient (Wildman–Crippen LogP) is 4.17. The monoisotopic (exact) mass is 364 g/mol. The fraction of sp³-hybridized carbons (Fsp3) is 0.0500. The van der Waals surface area contributed by atoms with Crippen molar-refractivity contribution in [1.29, 1.82) is 0 Å². The van der Waals surface area contributed by atoms with Gasteiger partial charge in [-0.25, -0.2) is 13.8 Å². The van der Waals surface area contributed by atoms with Crippen molar-refractivity contribution in [2.45, 2.75) is 0 Å². The van der Waals surface area contributed by atoms with Gasteiger partial charge >= 0.3 is 0 Å². The van der Waals surface area contributed by atoms with E-state index in [2.05, 4.69) is 15.4 Å². The molecule has 1 amide bonds. The minimum atomic E-state index is -0.434. The van der Waals surface area contributed by atoms with Crippen LogP contribution in [0.15, 0.2) is 60.8 Å². The van der Waals surface area contributed by atoms with Crippen LogP contribution in [0.1, 0.15) is 10.4 Å². The van der Waals surface area contributed by atoms with E-state index in [1.165, 1.54) is 47.3 Å². The maximum atomic E-state index is 14.2. The summed E-state index contributed by atoms with van der Waals surface area (Å²) in [5.41, 5.74) is 1.82. The molecule has 0 aliphatic carbocycles. The number of carbonyl (C=O) groups excluding carboxylic acids is 1. The average molecular weight is 364 g/mol. The molecule has 0 aliphatic rings. The SMILES string of the molecule is Cn1ncc2c(C(=O)Nc3ccc(F)cc3)cc(-c3ccccc3F)nc21. The zero-order chi connectivity index (χ0) is 19.0. The molecule has 4 aromatic rings. The van der Waals surface area contributed by atoms with Crippen molar-refractivity contribution in [3.05, 3.63) is 78.0 Å². The third-order valence-corrected chi connectivity index (χ3v) is 4.20. The number of fused-ring (bicyclic) bond motifs is 1. The van der Waals surface area contributed by atoms with Crippen LogP contribution in [0.5, 0.6) is 0 Å². The van der Waals surface area contributed by atoms with Gasteiger partial charge in [-0.3, -0.25) is 9.48 Å². The Kier molecular flexibility index (Phi) is 4.12. The molecular weight excluding hydrogens is 350 g/mol. The lowest BCUT2D eigenvalue weighted by molar-refractivity contribution is 0.102. The molecule has 1 N–H and O–H groups in total. The van der Waals surface area contributed by atoms with Crippen LogP contribution in [-0.4, -0.2) is 20.7 Å². The quantitative estimate of drug-likeness (QED) is 0.594. The van der Waals surface area contributed by atoms with Crippen molar-refractivity contribution >= 4 is 22.6 Å². The maximum Gasteiger partial charge on any atom is 0.256 e. The first-order valence-corrected chi connectivity index (χ1v) is 8.17. The van der Waals surface area contributed by atoms with Gasteiger partial charge in [0.15, 0.2) is 5.65 Å². The van der Waals surface area contributed by atoms with E-state index in [9.17, 15) is 13.6 Å². The molecule has 0 radical (unpaired) electrons. The van der Waals surface area contributed by atoms with Crippen LogP contribution in [0.3, 0.4) is 0 Å². The number of benzene rings is 2. The first kappa shape index (κ1) is 16.8. The number of amides is 1. The molecule has 0 saturated heterocycles. The van der Waals surface area contributed by atoms with Crippen LogP contribution >= 0.6 is 0 Å². The Hall–Kier alpha value is -3.61. The lowest BCUT2D eigenvalue weighted by Gasteiger charge is -2.09. The molecule has 4 rings (SSSR count). The summed E-state index contributed by atoms with van der Waals surface area (Å²) in [5.74, 6) is -1.25. The average Bonchev–Trinajstić information content (AvgIpc) is 3.04. The summed E-state index contributed by atoms with van der Waals surface area (Å²) >= 11 is 0. The Labute approximate surface area is 153 Å². The van der Waals surface area contributed by atoms with Crippen LogP contribution in [0, 0.1) is 11.6 Å². The molecule has 134 valence electrons. The Morgan fingerprint density at radius 3 is 2.56 bits per heavy atom. The zero-order valence-electron chi connectivity index (χ0n) is 14.3. The van der Waals surface area contributed by atoms with Gasteiger partial charge in [0.1, 0.15) is 11.6 Å².